The van der Waals surface area contributed by atoms with Gasteiger partial charge in [-0.1, -0.05) is 18.2 Å². The van der Waals surface area contributed by atoms with Crippen LogP contribution in [0.15, 0.2) is 30.5 Å². The average molecular weight is 287 g/mol. The number of aromatic nitrogens is 2. The highest BCUT2D eigenvalue weighted by Gasteiger charge is 2.29. The van der Waals surface area contributed by atoms with E-state index in [-0.39, 0.29) is 12.0 Å². The number of hydrogen-bond donors (Lipinski definition) is 1. The van der Waals surface area contributed by atoms with Crippen molar-refractivity contribution < 1.29 is 9.53 Å². The van der Waals surface area contributed by atoms with Gasteiger partial charge in [-0.25, -0.2) is 0 Å². The second-order valence-electron chi connectivity index (χ2n) is 5.46. The summed E-state index contributed by atoms with van der Waals surface area (Å²) in [6, 6.07) is 8.35. The van der Waals surface area contributed by atoms with E-state index in [0.29, 0.717) is 25.6 Å². The second-order valence-corrected chi connectivity index (χ2v) is 5.46. The SMILES string of the molecule is CCOC(=O)C(CCn1ncc2ccccc21)NC1CC1. The fraction of sp³-hybridized carbons (Fsp3) is 0.500. The van der Waals surface area contributed by atoms with Crippen LogP contribution < -0.4 is 5.32 Å². The summed E-state index contributed by atoms with van der Waals surface area (Å²) < 4.78 is 7.11. The van der Waals surface area contributed by atoms with E-state index >= 15 is 0 Å². The van der Waals surface area contributed by atoms with E-state index in [1.807, 2.05) is 36.0 Å². The molecule has 1 saturated carbocycles. The van der Waals surface area contributed by atoms with Gasteiger partial charge in [-0.15, -0.1) is 0 Å². The van der Waals surface area contributed by atoms with Crippen molar-refractivity contribution in [3.63, 3.8) is 0 Å². The summed E-state index contributed by atoms with van der Waals surface area (Å²) in [5.41, 5.74) is 1.10. The van der Waals surface area contributed by atoms with Crippen LogP contribution in [-0.4, -0.2) is 34.4 Å². The Morgan fingerprint density at radius 1 is 1.48 bits per heavy atom. The summed E-state index contributed by atoms with van der Waals surface area (Å²) in [5.74, 6) is -0.152. The first kappa shape index (κ1) is 14.1. The van der Waals surface area contributed by atoms with Crippen molar-refractivity contribution >= 4 is 16.9 Å². The van der Waals surface area contributed by atoms with Crippen LogP contribution in [0.2, 0.25) is 0 Å². The van der Waals surface area contributed by atoms with Crippen molar-refractivity contribution in [3.8, 4) is 0 Å². The van der Waals surface area contributed by atoms with Crippen LogP contribution in [0.25, 0.3) is 10.9 Å². The molecule has 0 radical (unpaired) electrons. The van der Waals surface area contributed by atoms with Crippen LogP contribution >= 0.6 is 0 Å². The molecule has 5 nitrogen and oxygen atoms in total. The van der Waals surface area contributed by atoms with Crippen molar-refractivity contribution in [1.29, 1.82) is 0 Å². The molecule has 3 rings (SSSR count). The number of ether oxygens (including phenoxy) is 1. The van der Waals surface area contributed by atoms with Gasteiger partial charge in [0.15, 0.2) is 0 Å². The smallest absolute Gasteiger partial charge is 0.323 e. The van der Waals surface area contributed by atoms with Gasteiger partial charge in [-0.2, -0.15) is 5.10 Å². The Labute approximate surface area is 124 Å². The molecule has 5 heteroatoms. The summed E-state index contributed by atoms with van der Waals surface area (Å²) in [6.07, 6.45) is 4.87. The molecule has 1 atom stereocenters. The molecule has 0 spiro atoms. The molecule has 1 unspecified atom stereocenters. The third-order valence-electron chi connectivity index (χ3n) is 3.77. The molecule has 0 saturated heterocycles. The number of para-hydroxylation sites is 1. The lowest BCUT2D eigenvalue weighted by Crippen LogP contribution is -2.40. The molecule has 1 aromatic carbocycles. The number of nitrogens with one attached hydrogen (secondary N) is 1. The predicted molar refractivity (Wildman–Crippen MR) is 80.9 cm³/mol. The molecule has 1 fully saturated rings. The standard InChI is InChI=1S/C16H21N3O2/c1-2-21-16(20)14(18-13-7-8-13)9-10-19-15-6-4-3-5-12(15)11-17-19/h3-6,11,13-14,18H,2,7-10H2,1H3. The Bertz CT molecular complexity index is 619. The molecule has 112 valence electrons. The predicted octanol–water partition coefficient (Wildman–Crippen LogP) is 2.11. The number of carbonyl (C=O) groups excluding carboxylic acids is 1. The first-order valence-corrected chi connectivity index (χ1v) is 7.61. The number of nitrogens with zero attached hydrogens (tertiary/aromatic N) is 2. The average Bonchev–Trinajstić information content (AvgIpc) is 3.22. The highest BCUT2D eigenvalue weighted by molar-refractivity contribution is 5.78. The maximum absolute atomic E-state index is 12.0. The van der Waals surface area contributed by atoms with Crippen LogP contribution in [0.1, 0.15) is 26.2 Å². The largest absolute Gasteiger partial charge is 0.465 e. The van der Waals surface area contributed by atoms with Crippen LogP contribution in [-0.2, 0) is 16.1 Å². The second kappa shape index (κ2) is 6.26. The number of aryl methyl sites for hydroxylation is 1. The van der Waals surface area contributed by atoms with E-state index in [1.165, 1.54) is 0 Å². The Morgan fingerprint density at radius 3 is 3.05 bits per heavy atom. The number of carbonyl (C=O) groups is 1. The molecular weight excluding hydrogens is 266 g/mol. The third kappa shape index (κ3) is 3.42. The number of fused-ring (bicyclic) bond motifs is 1. The number of esters is 1. The zero-order valence-electron chi connectivity index (χ0n) is 12.3. The van der Waals surface area contributed by atoms with E-state index in [1.54, 1.807) is 0 Å². The van der Waals surface area contributed by atoms with Gasteiger partial charge in [0.2, 0.25) is 0 Å². The van der Waals surface area contributed by atoms with Crippen LogP contribution in [0, 0.1) is 0 Å². The van der Waals surface area contributed by atoms with Gasteiger partial charge in [0.05, 0.1) is 18.3 Å². The zero-order chi connectivity index (χ0) is 14.7. The number of benzene rings is 1. The lowest BCUT2D eigenvalue weighted by Gasteiger charge is -2.17. The van der Waals surface area contributed by atoms with Crippen molar-refractivity contribution in [1.82, 2.24) is 15.1 Å². The molecule has 2 aromatic rings. The van der Waals surface area contributed by atoms with Crippen LogP contribution in [0.3, 0.4) is 0 Å². The van der Waals surface area contributed by atoms with Gasteiger partial charge in [0, 0.05) is 18.0 Å². The summed E-state index contributed by atoms with van der Waals surface area (Å²) in [5, 5.41) is 8.90. The van der Waals surface area contributed by atoms with E-state index < -0.39 is 0 Å². The Kier molecular flexibility index (Phi) is 4.20. The van der Waals surface area contributed by atoms with Crippen molar-refractivity contribution in [2.45, 2.75) is 44.8 Å². The summed E-state index contributed by atoms with van der Waals surface area (Å²) in [6.45, 7) is 2.97. The van der Waals surface area contributed by atoms with Crippen molar-refractivity contribution in [2.75, 3.05) is 6.61 Å². The lowest BCUT2D eigenvalue weighted by atomic mass is 10.2. The van der Waals surface area contributed by atoms with E-state index in [0.717, 1.165) is 23.7 Å². The fourth-order valence-corrected chi connectivity index (χ4v) is 2.50. The molecule has 1 N–H and O–H groups in total. The van der Waals surface area contributed by atoms with Gasteiger partial charge in [-0.3, -0.25) is 9.48 Å². The van der Waals surface area contributed by atoms with Crippen molar-refractivity contribution in [3.05, 3.63) is 30.5 Å². The van der Waals surface area contributed by atoms with E-state index in [4.69, 9.17) is 4.74 Å². The quantitative estimate of drug-likeness (QED) is 0.792. The van der Waals surface area contributed by atoms with E-state index in [2.05, 4.69) is 16.5 Å². The molecule has 1 aromatic heterocycles. The topological polar surface area (TPSA) is 56.2 Å². The first-order valence-electron chi connectivity index (χ1n) is 7.61. The van der Waals surface area contributed by atoms with E-state index in [9.17, 15) is 4.79 Å². The van der Waals surface area contributed by atoms with Crippen LogP contribution in [0.4, 0.5) is 0 Å². The molecule has 21 heavy (non-hydrogen) atoms. The minimum atomic E-state index is -0.236. The molecule has 0 amide bonds. The molecule has 1 heterocycles. The summed E-state index contributed by atoms with van der Waals surface area (Å²) in [7, 11) is 0. The molecule has 0 bridgehead atoms. The maximum atomic E-state index is 12.0. The number of hydrogen-bond acceptors (Lipinski definition) is 4. The Hall–Kier alpha value is -1.88. The lowest BCUT2D eigenvalue weighted by molar-refractivity contribution is -0.146. The summed E-state index contributed by atoms with van der Waals surface area (Å²) in [4.78, 5) is 12.0. The zero-order valence-corrected chi connectivity index (χ0v) is 12.3. The third-order valence-corrected chi connectivity index (χ3v) is 3.77. The monoisotopic (exact) mass is 287 g/mol. The molecule has 0 aliphatic heterocycles. The van der Waals surface area contributed by atoms with Gasteiger partial charge in [0.1, 0.15) is 6.04 Å². The van der Waals surface area contributed by atoms with Gasteiger partial charge < -0.3 is 10.1 Å². The minimum absolute atomic E-state index is 0.152. The van der Waals surface area contributed by atoms with Gasteiger partial charge >= 0.3 is 5.97 Å². The molecule has 1 aliphatic carbocycles. The van der Waals surface area contributed by atoms with Gasteiger partial charge in [-0.05, 0) is 32.3 Å². The first-order chi connectivity index (χ1) is 10.3. The highest BCUT2D eigenvalue weighted by atomic mass is 16.5. The summed E-state index contributed by atoms with van der Waals surface area (Å²) >= 11 is 0. The normalized spacial score (nSPS) is 16.0. The Morgan fingerprint density at radius 2 is 2.29 bits per heavy atom. The number of rotatable bonds is 7. The van der Waals surface area contributed by atoms with Gasteiger partial charge in [0.25, 0.3) is 0 Å². The van der Waals surface area contributed by atoms with Crippen LogP contribution in [0.5, 0.6) is 0 Å². The fourth-order valence-electron chi connectivity index (χ4n) is 2.50. The molecule has 1 aliphatic rings. The molecular formula is C16H21N3O2. The van der Waals surface area contributed by atoms with Crippen molar-refractivity contribution in [2.24, 2.45) is 0 Å². The maximum Gasteiger partial charge on any atom is 0.323 e. The minimum Gasteiger partial charge on any atom is -0.465 e. The Balaban J connectivity index is 1.66. The highest BCUT2D eigenvalue weighted by Crippen LogP contribution is 2.21.